The normalized spacial score (nSPS) is 15.0. The monoisotopic (exact) mass is 571 g/mol. The standard InChI is InChI=1S/C35H45N3O4/c1-22(2)19-30(37-34(41)42-35(5,6)7)33(40)38(29-13-10-14-29)31(27-16-15-23(3)24(4)20-27)32(39)36-28-18-17-25-11-8-9-12-26(25)21-28/h8-9,11-12,15-18,20-22,29-31H,10,13-14,19H2,1-7H3,(H,36,39)(H,37,41). The number of ether oxygens (including phenoxy) is 1. The van der Waals surface area contributed by atoms with Gasteiger partial charge in [-0.15, -0.1) is 0 Å². The van der Waals surface area contributed by atoms with E-state index in [9.17, 15) is 14.4 Å². The molecule has 7 heteroatoms. The summed E-state index contributed by atoms with van der Waals surface area (Å²) in [5.41, 5.74) is 2.86. The number of carbonyl (C=O) groups excluding carboxylic acids is 3. The Kier molecular flexibility index (Phi) is 9.60. The second-order valence-corrected chi connectivity index (χ2v) is 13.0. The van der Waals surface area contributed by atoms with Gasteiger partial charge in [-0.1, -0.05) is 62.4 Å². The minimum Gasteiger partial charge on any atom is -0.444 e. The molecule has 0 saturated heterocycles. The number of hydrogen-bond donors (Lipinski definition) is 2. The highest BCUT2D eigenvalue weighted by atomic mass is 16.6. The van der Waals surface area contributed by atoms with Crippen molar-refractivity contribution in [1.29, 1.82) is 0 Å². The van der Waals surface area contributed by atoms with Gasteiger partial charge in [0.05, 0.1) is 0 Å². The van der Waals surface area contributed by atoms with Crippen LogP contribution >= 0.6 is 0 Å². The predicted octanol–water partition coefficient (Wildman–Crippen LogP) is 7.46. The van der Waals surface area contributed by atoms with Crippen LogP contribution in [0.3, 0.4) is 0 Å². The lowest BCUT2D eigenvalue weighted by Crippen LogP contribution is -2.57. The lowest BCUT2D eigenvalue weighted by Gasteiger charge is -2.44. The molecule has 42 heavy (non-hydrogen) atoms. The van der Waals surface area contributed by atoms with E-state index in [2.05, 4.69) is 10.6 Å². The number of nitrogens with zero attached hydrogens (tertiary/aromatic N) is 1. The van der Waals surface area contributed by atoms with Crippen molar-refractivity contribution in [2.24, 2.45) is 5.92 Å². The predicted molar refractivity (Wildman–Crippen MR) is 168 cm³/mol. The van der Waals surface area contributed by atoms with Gasteiger partial charge < -0.3 is 20.3 Å². The number of hydrogen-bond acceptors (Lipinski definition) is 4. The molecule has 1 fully saturated rings. The molecule has 3 aromatic carbocycles. The molecule has 0 aliphatic heterocycles. The first-order valence-corrected chi connectivity index (χ1v) is 15.0. The van der Waals surface area contributed by atoms with Gasteiger partial charge in [0.25, 0.3) is 5.91 Å². The van der Waals surface area contributed by atoms with Gasteiger partial charge >= 0.3 is 6.09 Å². The highest BCUT2D eigenvalue weighted by molar-refractivity contribution is 6.00. The Morgan fingerprint density at radius 1 is 0.929 bits per heavy atom. The maximum atomic E-state index is 14.5. The van der Waals surface area contributed by atoms with Crippen LogP contribution in [0.5, 0.6) is 0 Å². The summed E-state index contributed by atoms with van der Waals surface area (Å²) in [6, 6.07) is 17.9. The lowest BCUT2D eigenvalue weighted by molar-refractivity contribution is -0.146. The van der Waals surface area contributed by atoms with Crippen molar-refractivity contribution < 1.29 is 19.1 Å². The summed E-state index contributed by atoms with van der Waals surface area (Å²) < 4.78 is 5.52. The molecule has 1 aliphatic carbocycles. The summed E-state index contributed by atoms with van der Waals surface area (Å²) >= 11 is 0. The van der Waals surface area contributed by atoms with Crippen molar-refractivity contribution in [3.63, 3.8) is 0 Å². The Hall–Kier alpha value is -3.87. The van der Waals surface area contributed by atoms with Crippen molar-refractivity contribution in [2.45, 2.75) is 97.9 Å². The number of benzene rings is 3. The maximum Gasteiger partial charge on any atom is 0.408 e. The van der Waals surface area contributed by atoms with Gasteiger partial charge in [-0.25, -0.2) is 4.79 Å². The lowest BCUT2D eigenvalue weighted by atomic mass is 9.87. The largest absolute Gasteiger partial charge is 0.444 e. The number of rotatable bonds is 9. The third kappa shape index (κ3) is 7.69. The number of amides is 3. The number of fused-ring (bicyclic) bond motifs is 1. The van der Waals surface area contributed by atoms with E-state index in [1.807, 2.05) is 88.4 Å². The van der Waals surface area contributed by atoms with Crippen LogP contribution in [0.1, 0.15) is 83.0 Å². The zero-order chi connectivity index (χ0) is 30.6. The molecule has 0 aromatic heterocycles. The summed E-state index contributed by atoms with van der Waals surface area (Å²) in [5, 5.41) is 8.05. The molecule has 0 spiro atoms. The van der Waals surface area contributed by atoms with Crippen molar-refractivity contribution in [1.82, 2.24) is 10.2 Å². The molecular weight excluding hydrogens is 526 g/mol. The maximum absolute atomic E-state index is 14.5. The zero-order valence-electron chi connectivity index (χ0n) is 26.0. The molecule has 0 heterocycles. The molecule has 224 valence electrons. The SMILES string of the molecule is Cc1ccc(C(C(=O)Nc2ccc3ccccc3c2)N(C(=O)C(CC(C)C)NC(=O)OC(C)(C)C)C2CCC2)cc1C. The van der Waals surface area contributed by atoms with Crippen LogP contribution in [0.15, 0.2) is 60.7 Å². The van der Waals surface area contributed by atoms with Crippen LogP contribution < -0.4 is 10.6 Å². The molecule has 0 radical (unpaired) electrons. The van der Waals surface area contributed by atoms with Crippen LogP contribution in [-0.4, -0.2) is 40.5 Å². The Balaban J connectivity index is 1.74. The van der Waals surface area contributed by atoms with Gasteiger partial charge in [0.15, 0.2) is 0 Å². The Morgan fingerprint density at radius 2 is 1.62 bits per heavy atom. The number of aryl methyl sites for hydroxylation is 2. The molecule has 0 bridgehead atoms. The van der Waals surface area contributed by atoms with Gasteiger partial charge in [-0.3, -0.25) is 9.59 Å². The summed E-state index contributed by atoms with van der Waals surface area (Å²) in [6.45, 7) is 13.4. The smallest absolute Gasteiger partial charge is 0.408 e. The molecule has 1 aliphatic rings. The molecule has 3 aromatic rings. The second-order valence-electron chi connectivity index (χ2n) is 13.0. The van der Waals surface area contributed by atoms with Crippen LogP contribution in [0.25, 0.3) is 10.8 Å². The molecule has 7 nitrogen and oxygen atoms in total. The van der Waals surface area contributed by atoms with E-state index in [0.29, 0.717) is 12.1 Å². The minimum atomic E-state index is -0.872. The van der Waals surface area contributed by atoms with Crippen LogP contribution in [0.2, 0.25) is 0 Å². The van der Waals surface area contributed by atoms with E-state index in [-0.39, 0.29) is 23.8 Å². The second kappa shape index (κ2) is 13.0. The van der Waals surface area contributed by atoms with E-state index in [1.54, 1.807) is 25.7 Å². The highest BCUT2D eigenvalue weighted by Gasteiger charge is 2.42. The fourth-order valence-electron chi connectivity index (χ4n) is 5.36. The molecule has 4 rings (SSSR count). The van der Waals surface area contributed by atoms with E-state index >= 15 is 0 Å². The Morgan fingerprint density at radius 3 is 2.21 bits per heavy atom. The van der Waals surface area contributed by atoms with Gasteiger partial charge in [0, 0.05) is 11.7 Å². The average Bonchev–Trinajstić information content (AvgIpc) is 2.87. The number of anilines is 1. The zero-order valence-corrected chi connectivity index (χ0v) is 26.0. The van der Waals surface area contributed by atoms with Crippen molar-refractivity contribution in [3.8, 4) is 0 Å². The molecule has 2 N–H and O–H groups in total. The van der Waals surface area contributed by atoms with Crippen LogP contribution in [-0.2, 0) is 14.3 Å². The van der Waals surface area contributed by atoms with Gasteiger partial charge in [-0.05, 0) is 106 Å². The van der Waals surface area contributed by atoms with E-state index in [1.165, 1.54) is 0 Å². The first kappa shape index (κ1) is 31.1. The molecule has 2 unspecified atom stereocenters. The Labute approximate surface area is 250 Å². The first-order valence-electron chi connectivity index (χ1n) is 15.0. The summed E-state index contributed by atoms with van der Waals surface area (Å²) in [4.78, 5) is 43.3. The van der Waals surface area contributed by atoms with Gasteiger partial charge in [-0.2, -0.15) is 0 Å². The molecule has 2 atom stereocenters. The van der Waals surface area contributed by atoms with Crippen molar-refractivity contribution in [3.05, 3.63) is 77.4 Å². The van der Waals surface area contributed by atoms with E-state index < -0.39 is 23.8 Å². The van der Waals surface area contributed by atoms with E-state index in [0.717, 1.165) is 46.7 Å². The fourth-order valence-corrected chi connectivity index (χ4v) is 5.36. The highest BCUT2D eigenvalue weighted by Crippen LogP contribution is 2.35. The van der Waals surface area contributed by atoms with Crippen LogP contribution in [0, 0.1) is 19.8 Å². The summed E-state index contributed by atoms with van der Waals surface area (Å²) in [5.74, 6) is -0.422. The minimum absolute atomic E-state index is 0.110. The third-order valence-electron chi connectivity index (χ3n) is 7.81. The average molecular weight is 572 g/mol. The number of nitrogens with one attached hydrogen (secondary N) is 2. The third-order valence-corrected chi connectivity index (χ3v) is 7.81. The summed E-state index contributed by atoms with van der Waals surface area (Å²) in [6.07, 6.45) is 2.37. The first-order chi connectivity index (χ1) is 19.8. The van der Waals surface area contributed by atoms with Gasteiger partial charge in [0.2, 0.25) is 5.91 Å². The van der Waals surface area contributed by atoms with E-state index in [4.69, 9.17) is 4.74 Å². The van der Waals surface area contributed by atoms with Gasteiger partial charge in [0.1, 0.15) is 17.7 Å². The summed E-state index contributed by atoms with van der Waals surface area (Å²) in [7, 11) is 0. The molecule has 3 amide bonds. The molecule has 1 saturated carbocycles. The Bertz CT molecular complexity index is 1440. The van der Waals surface area contributed by atoms with Crippen LogP contribution in [0.4, 0.5) is 10.5 Å². The quantitative estimate of drug-likeness (QED) is 0.279. The fraction of sp³-hybridized carbons (Fsp3) is 0.457. The number of carbonyl (C=O) groups is 3. The molecular formula is C35H45N3O4. The van der Waals surface area contributed by atoms with Crippen molar-refractivity contribution >= 4 is 34.4 Å². The topological polar surface area (TPSA) is 87.7 Å². The van der Waals surface area contributed by atoms with Crippen molar-refractivity contribution in [2.75, 3.05) is 5.32 Å². The number of alkyl carbamates (subject to hydrolysis) is 1.